The number of carbonyl (C=O) groups is 1. The third-order valence-electron chi connectivity index (χ3n) is 6.78. The summed E-state index contributed by atoms with van der Waals surface area (Å²) in [5.41, 5.74) is 2.60. The van der Waals surface area contributed by atoms with Crippen LogP contribution in [0.4, 0.5) is 33.7 Å². The average Bonchev–Trinajstić information content (AvgIpc) is 3.53. The Kier molecular flexibility index (Phi) is 6.57. The fourth-order valence-electron chi connectivity index (χ4n) is 4.70. The van der Waals surface area contributed by atoms with E-state index in [1.807, 2.05) is 17.9 Å². The number of nitrogens with zero attached hydrogens (tertiary/aromatic N) is 4. The summed E-state index contributed by atoms with van der Waals surface area (Å²) in [6.07, 6.45) is 0.728. The van der Waals surface area contributed by atoms with Crippen LogP contribution < -0.4 is 10.2 Å². The number of hydrogen-bond acceptors (Lipinski definition) is 4. The molecule has 4 heterocycles. The molecule has 1 N–H and O–H groups in total. The number of rotatable bonds is 4. The first-order chi connectivity index (χ1) is 17.6. The van der Waals surface area contributed by atoms with E-state index in [0.717, 1.165) is 18.2 Å². The zero-order valence-corrected chi connectivity index (χ0v) is 20.5. The molecule has 2 amide bonds. The number of anilines is 2. The van der Waals surface area contributed by atoms with E-state index in [9.17, 15) is 22.4 Å². The molecular weight excluding hydrogens is 490 g/mol. The molecular formula is C26H27F4N5O2. The van der Waals surface area contributed by atoms with Gasteiger partial charge < -0.3 is 24.3 Å². The van der Waals surface area contributed by atoms with E-state index < -0.39 is 23.7 Å². The fourth-order valence-corrected chi connectivity index (χ4v) is 4.70. The molecule has 37 heavy (non-hydrogen) atoms. The Morgan fingerprint density at radius 2 is 1.92 bits per heavy atom. The molecule has 0 spiro atoms. The summed E-state index contributed by atoms with van der Waals surface area (Å²) >= 11 is 0. The SMILES string of the molecule is CCC1=CCN(C(=O)Nc2cc(-c3cc(N4CCOCC4)c4nc(C(F)(F)F)cn4c3)c(C)cc2F)C1. The van der Waals surface area contributed by atoms with Gasteiger partial charge in [-0.3, -0.25) is 0 Å². The van der Waals surface area contributed by atoms with E-state index in [1.54, 1.807) is 24.1 Å². The van der Waals surface area contributed by atoms with Gasteiger partial charge in [-0.2, -0.15) is 13.2 Å². The first-order valence-electron chi connectivity index (χ1n) is 12.1. The van der Waals surface area contributed by atoms with Gasteiger partial charge in [-0.25, -0.2) is 14.2 Å². The third kappa shape index (κ3) is 5.00. The van der Waals surface area contributed by atoms with Gasteiger partial charge in [0.15, 0.2) is 11.3 Å². The number of amides is 2. The van der Waals surface area contributed by atoms with Crippen molar-refractivity contribution >= 4 is 23.1 Å². The number of carbonyl (C=O) groups excluding carboxylic acids is 1. The lowest BCUT2D eigenvalue weighted by atomic mass is 10.00. The number of benzene rings is 1. The first kappa shape index (κ1) is 25.1. The van der Waals surface area contributed by atoms with Gasteiger partial charge >= 0.3 is 12.2 Å². The summed E-state index contributed by atoms with van der Waals surface area (Å²) in [6.45, 7) is 6.57. The zero-order valence-electron chi connectivity index (χ0n) is 20.5. The molecule has 2 aliphatic heterocycles. The number of pyridine rings is 1. The number of imidazole rings is 1. The van der Waals surface area contributed by atoms with Crippen molar-refractivity contribution in [2.75, 3.05) is 49.6 Å². The molecule has 5 rings (SSSR count). The van der Waals surface area contributed by atoms with Gasteiger partial charge in [-0.1, -0.05) is 18.6 Å². The number of alkyl halides is 3. The Morgan fingerprint density at radius 3 is 2.59 bits per heavy atom. The maximum atomic E-state index is 14.9. The van der Waals surface area contributed by atoms with Gasteiger partial charge in [-0.15, -0.1) is 0 Å². The molecule has 1 fully saturated rings. The van der Waals surface area contributed by atoms with E-state index in [0.29, 0.717) is 61.8 Å². The van der Waals surface area contributed by atoms with Gasteiger partial charge in [0.1, 0.15) is 5.82 Å². The summed E-state index contributed by atoms with van der Waals surface area (Å²) in [5, 5.41) is 2.66. The predicted octanol–water partition coefficient (Wildman–Crippen LogP) is 5.49. The van der Waals surface area contributed by atoms with Crippen LogP contribution in [-0.4, -0.2) is 59.7 Å². The van der Waals surface area contributed by atoms with E-state index in [-0.39, 0.29) is 11.3 Å². The number of aryl methyl sites for hydroxylation is 1. The Balaban J connectivity index is 1.55. The molecule has 11 heteroatoms. The molecule has 1 aromatic carbocycles. The molecule has 196 valence electrons. The zero-order chi connectivity index (χ0) is 26.3. The van der Waals surface area contributed by atoms with Crippen LogP contribution in [0, 0.1) is 12.7 Å². The van der Waals surface area contributed by atoms with Crippen LogP contribution in [-0.2, 0) is 10.9 Å². The van der Waals surface area contributed by atoms with Crippen LogP contribution in [0.1, 0.15) is 24.6 Å². The van der Waals surface area contributed by atoms with Crippen LogP contribution in [0.5, 0.6) is 0 Å². The standard InChI is InChI=1S/C26H27F4N5O2/c1-3-17-4-5-34(13-17)25(36)31-21-12-19(16(2)10-20(21)27)18-11-22(33-6-8-37-9-7-33)24-32-23(26(28,29)30)15-35(24)14-18/h4,10-12,14-15H,3,5-9,13H2,1-2H3,(H,31,36). The number of ether oxygens (including phenoxy) is 1. The summed E-state index contributed by atoms with van der Waals surface area (Å²) in [7, 11) is 0. The second-order valence-corrected chi connectivity index (χ2v) is 9.24. The highest BCUT2D eigenvalue weighted by molar-refractivity contribution is 5.91. The molecule has 2 aliphatic rings. The van der Waals surface area contributed by atoms with Crippen molar-refractivity contribution in [1.29, 1.82) is 0 Å². The van der Waals surface area contributed by atoms with E-state index in [2.05, 4.69) is 10.3 Å². The minimum absolute atomic E-state index is 0.00480. The topological polar surface area (TPSA) is 62.1 Å². The monoisotopic (exact) mass is 517 g/mol. The maximum Gasteiger partial charge on any atom is 0.434 e. The second-order valence-electron chi connectivity index (χ2n) is 9.24. The summed E-state index contributed by atoms with van der Waals surface area (Å²) < 4.78 is 62.1. The highest BCUT2D eigenvalue weighted by Crippen LogP contribution is 2.36. The van der Waals surface area contributed by atoms with E-state index in [4.69, 9.17) is 4.74 Å². The highest BCUT2D eigenvalue weighted by Gasteiger charge is 2.35. The predicted molar refractivity (Wildman–Crippen MR) is 132 cm³/mol. The lowest BCUT2D eigenvalue weighted by Gasteiger charge is -2.29. The van der Waals surface area contributed by atoms with Crippen molar-refractivity contribution in [1.82, 2.24) is 14.3 Å². The van der Waals surface area contributed by atoms with Crippen LogP contribution >= 0.6 is 0 Å². The van der Waals surface area contributed by atoms with Crippen LogP contribution in [0.25, 0.3) is 16.8 Å². The summed E-state index contributed by atoms with van der Waals surface area (Å²) in [6, 6.07) is 4.19. The first-order valence-corrected chi connectivity index (χ1v) is 12.1. The Labute approximate surface area is 211 Å². The molecule has 0 radical (unpaired) electrons. The minimum Gasteiger partial charge on any atom is -0.378 e. The van der Waals surface area contributed by atoms with Crippen molar-refractivity contribution in [2.24, 2.45) is 0 Å². The van der Waals surface area contributed by atoms with Crippen molar-refractivity contribution in [3.63, 3.8) is 0 Å². The van der Waals surface area contributed by atoms with Crippen molar-refractivity contribution in [2.45, 2.75) is 26.4 Å². The van der Waals surface area contributed by atoms with Gasteiger partial charge in [-0.05, 0) is 42.7 Å². The van der Waals surface area contributed by atoms with E-state index >= 15 is 0 Å². The highest BCUT2D eigenvalue weighted by atomic mass is 19.4. The van der Waals surface area contributed by atoms with Gasteiger partial charge in [0.25, 0.3) is 0 Å². The molecule has 2 aromatic heterocycles. The average molecular weight is 518 g/mol. The number of fused-ring (bicyclic) bond motifs is 1. The van der Waals surface area contributed by atoms with Gasteiger partial charge in [0.05, 0.1) is 24.6 Å². The molecule has 3 aromatic rings. The van der Waals surface area contributed by atoms with Gasteiger partial charge in [0.2, 0.25) is 0 Å². The number of morpholine rings is 1. The quantitative estimate of drug-likeness (QED) is 0.367. The number of halogens is 4. The largest absolute Gasteiger partial charge is 0.434 e. The molecule has 0 saturated carbocycles. The summed E-state index contributed by atoms with van der Waals surface area (Å²) in [4.78, 5) is 20.2. The lowest BCUT2D eigenvalue weighted by molar-refractivity contribution is -0.140. The molecule has 1 saturated heterocycles. The van der Waals surface area contributed by atoms with Gasteiger partial charge in [0, 0.05) is 44.1 Å². The smallest absolute Gasteiger partial charge is 0.378 e. The van der Waals surface area contributed by atoms with Crippen LogP contribution in [0.2, 0.25) is 0 Å². The number of aromatic nitrogens is 2. The Bertz CT molecular complexity index is 1380. The summed E-state index contributed by atoms with van der Waals surface area (Å²) in [5.74, 6) is -0.589. The number of nitrogens with one attached hydrogen (secondary N) is 1. The molecule has 0 aliphatic carbocycles. The minimum atomic E-state index is -4.60. The maximum absolute atomic E-state index is 14.9. The molecule has 0 bridgehead atoms. The lowest BCUT2D eigenvalue weighted by Crippen LogP contribution is -2.36. The van der Waals surface area contributed by atoms with Crippen molar-refractivity contribution in [3.8, 4) is 11.1 Å². The molecule has 0 atom stereocenters. The molecule has 0 unspecified atom stereocenters. The van der Waals surface area contributed by atoms with Crippen molar-refractivity contribution < 1.29 is 27.1 Å². The van der Waals surface area contributed by atoms with Crippen LogP contribution in [0.3, 0.4) is 0 Å². The van der Waals surface area contributed by atoms with Crippen molar-refractivity contribution in [3.05, 3.63) is 59.3 Å². The fraction of sp³-hybridized carbons (Fsp3) is 0.385. The van der Waals surface area contributed by atoms with Crippen LogP contribution in [0.15, 0.2) is 42.2 Å². The third-order valence-corrected chi connectivity index (χ3v) is 6.78. The Morgan fingerprint density at radius 1 is 1.16 bits per heavy atom. The number of hydrogen-bond donors (Lipinski definition) is 1. The second kappa shape index (κ2) is 9.70. The Hall–Kier alpha value is -3.60. The normalized spacial score (nSPS) is 16.4. The van der Waals surface area contributed by atoms with E-state index in [1.165, 1.54) is 16.5 Å². The number of urea groups is 1. The molecule has 7 nitrogen and oxygen atoms in total.